The Morgan fingerprint density at radius 3 is 2.58 bits per heavy atom. The van der Waals surface area contributed by atoms with E-state index in [9.17, 15) is 13.6 Å². The van der Waals surface area contributed by atoms with E-state index in [1.54, 1.807) is 13.0 Å². The quantitative estimate of drug-likeness (QED) is 0.758. The molecule has 1 saturated heterocycles. The fourth-order valence-corrected chi connectivity index (χ4v) is 2.48. The Bertz CT molecular complexity index is 546. The zero-order valence-electron chi connectivity index (χ0n) is 10.7. The van der Waals surface area contributed by atoms with Crippen LogP contribution in [0, 0.1) is 6.92 Å². The molecule has 1 aliphatic heterocycles. The van der Waals surface area contributed by atoms with E-state index in [0.717, 1.165) is 15.6 Å². The Morgan fingerprint density at radius 2 is 2.05 bits per heavy atom. The van der Waals surface area contributed by atoms with Crippen LogP contribution >= 0.6 is 15.9 Å². The van der Waals surface area contributed by atoms with Crippen molar-refractivity contribution in [2.24, 2.45) is 0 Å². The van der Waals surface area contributed by atoms with Crippen LogP contribution in [0.4, 0.5) is 8.78 Å². The number of hydrogen-bond acceptors (Lipinski definition) is 1. The first-order chi connectivity index (χ1) is 8.78. The average Bonchev–Trinajstić information content (AvgIpc) is 2.28. The lowest BCUT2D eigenvalue weighted by atomic mass is 10.0. The summed E-state index contributed by atoms with van der Waals surface area (Å²) in [6.07, 6.45) is 1.74. The van der Waals surface area contributed by atoms with Gasteiger partial charge in [-0.05, 0) is 43.2 Å². The number of aryl methyl sites for hydroxylation is 1. The summed E-state index contributed by atoms with van der Waals surface area (Å²) in [5.41, 5.74) is 2.41. The molecule has 2 nitrogen and oxygen atoms in total. The molecule has 0 aliphatic carbocycles. The summed E-state index contributed by atoms with van der Waals surface area (Å²) in [4.78, 5) is 13.1. The highest BCUT2D eigenvalue weighted by Gasteiger charge is 2.46. The molecule has 1 heterocycles. The number of alkyl halides is 2. The molecule has 0 saturated carbocycles. The third kappa shape index (κ3) is 3.21. The number of hydrogen-bond donors (Lipinski definition) is 0. The van der Waals surface area contributed by atoms with Gasteiger partial charge in [-0.3, -0.25) is 4.79 Å². The summed E-state index contributed by atoms with van der Waals surface area (Å²) in [6.45, 7) is 2.64. The predicted molar refractivity (Wildman–Crippen MR) is 74.1 cm³/mol. The largest absolute Gasteiger partial charge is 0.327 e. The van der Waals surface area contributed by atoms with Gasteiger partial charge in [-0.2, -0.15) is 0 Å². The van der Waals surface area contributed by atoms with Crippen molar-refractivity contribution in [3.63, 3.8) is 0 Å². The molecule has 0 atom stereocenters. The van der Waals surface area contributed by atoms with Gasteiger partial charge in [-0.25, -0.2) is 8.78 Å². The van der Waals surface area contributed by atoms with Gasteiger partial charge in [0.1, 0.15) is 0 Å². The van der Waals surface area contributed by atoms with Gasteiger partial charge in [0.15, 0.2) is 0 Å². The summed E-state index contributed by atoms with van der Waals surface area (Å²) in [5.74, 6) is -3.04. The van der Waals surface area contributed by atoms with Crippen LogP contribution in [0.5, 0.6) is 0 Å². The van der Waals surface area contributed by atoms with Gasteiger partial charge in [0.2, 0.25) is 5.91 Å². The van der Waals surface area contributed by atoms with Crippen LogP contribution in [0.2, 0.25) is 0 Å². The van der Waals surface area contributed by atoms with E-state index in [0.29, 0.717) is 5.57 Å². The maximum absolute atomic E-state index is 12.7. The van der Waals surface area contributed by atoms with Gasteiger partial charge in [0, 0.05) is 10.0 Å². The predicted octanol–water partition coefficient (Wildman–Crippen LogP) is 3.64. The number of likely N-dealkylation sites (tertiary alicyclic amines) is 1. The zero-order valence-corrected chi connectivity index (χ0v) is 12.3. The van der Waals surface area contributed by atoms with Crippen molar-refractivity contribution in [2.45, 2.75) is 19.8 Å². The second-order valence-corrected chi connectivity index (χ2v) is 5.76. The van der Waals surface area contributed by atoms with E-state index in [1.165, 1.54) is 4.90 Å². The Morgan fingerprint density at radius 1 is 1.42 bits per heavy atom. The van der Waals surface area contributed by atoms with Crippen molar-refractivity contribution in [3.05, 3.63) is 39.4 Å². The van der Waals surface area contributed by atoms with E-state index < -0.39 is 19.0 Å². The molecule has 2 rings (SSSR count). The summed E-state index contributed by atoms with van der Waals surface area (Å²) in [5, 5.41) is 0. The smallest absolute Gasteiger partial charge is 0.282 e. The first-order valence-corrected chi connectivity index (χ1v) is 6.69. The normalized spacial score (nSPS) is 18.2. The molecule has 1 fully saturated rings. The van der Waals surface area contributed by atoms with Crippen LogP contribution < -0.4 is 0 Å². The SMILES string of the molecule is C/C(=C\c1ccc(Br)cc1C)C(=O)N1CC(F)(F)C1. The lowest BCUT2D eigenvalue weighted by Gasteiger charge is -2.38. The number of benzene rings is 1. The van der Waals surface area contributed by atoms with Crippen molar-refractivity contribution in [2.75, 3.05) is 13.1 Å². The maximum Gasteiger partial charge on any atom is 0.282 e. The highest BCUT2D eigenvalue weighted by molar-refractivity contribution is 9.10. The number of carbonyl (C=O) groups is 1. The minimum absolute atomic E-state index is 0.326. The fourth-order valence-electron chi connectivity index (χ4n) is 2.00. The van der Waals surface area contributed by atoms with E-state index in [1.807, 2.05) is 25.1 Å². The highest BCUT2D eigenvalue weighted by atomic mass is 79.9. The molecule has 0 bridgehead atoms. The number of rotatable bonds is 2. The van der Waals surface area contributed by atoms with Gasteiger partial charge < -0.3 is 4.90 Å². The molecule has 1 aromatic carbocycles. The highest BCUT2D eigenvalue weighted by Crippen LogP contribution is 2.28. The Labute approximate surface area is 119 Å². The summed E-state index contributed by atoms with van der Waals surface area (Å²) >= 11 is 3.37. The minimum Gasteiger partial charge on any atom is -0.327 e. The number of carbonyl (C=O) groups excluding carboxylic acids is 1. The maximum atomic E-state index is 12.7. The van der Waals surface area contributed by atoms with Crippen LogP contribution in [0.15, 0.2) is 28.2 Å². The summed E-state index contributed by atoms with van der Waals surface area (Å²) < 4.78 is 26.4. The molecule has 102 valence electrons. The van der Waals surface area contributed by atoms with Crippen molar-refractivity contribution < 1.29 is 13.6 Å². The van der Waals surface area contributed by atoms with Gasteiger partial charge in [-0.1, -0.05) is 22.0 Å². The molecule has 1 aromatic rings. The third-order valence-electron chi connectivity index (χ3n) is 3.07. The van der Waals surface area contributed by atoms with E-state index in [-0.39, 0.29) is 5.91 Å². The second kappa shape index (κ2) is 5.04. The minimum atomic E-state index is -2.72. The van der Waals surface area contributed by atoms with Crippen LogP contribution in [-0.4, -0.2) is 29.8 Å². The van der Waals surface area contributed by atoms with Gasteiger partial charge in [0.25, 0.3) is 5.92 Å². The fraction of sp³-hybridized carbons (Fsp3) is 0.357. The van der Waals surface area contributed by atoms with Crippen LogP contribution in [0.3, 0.4) is 0 Å². The summed E-state index contributed by atoms with van der Waals surface area (Å²) in [6, 6.07) is 5.72. The van der Waals surface area contributed by atoms with E-state index >= 15 is 0 Å². The average molecular weight is 330 g/mol. The summed E-state index contributed by atoms with van der Waals surface area (Å²) in [7, 11) is 0. The number of halogens is 3. The van der Waals surface area contributed by atoms with Crippen LogP contribution in [0.1, 0.15) is 18.1 Å². The Hall–Kier alpha value is -1.23. The van der Waals surface area contributed by atoms with Crippen molar-refractivity contribution in [1.29, 1.82) is 0 Å². The monoisotopic (exact) mass is 329 g/mol. The molecule has 0 spiro atoms. The standard InChI is InChI=1S/C14H14BrF2NO/c1-9-6-12(15)4-3-11(9)5-10(2)13(19)18-7-14(16,17)8-18/h3-6H,7-8H2,1-2H3/b10-5+. The van der Waals surface area contributed by atoms with Crippen LogP contribution in [0.25, 0.3) is 6.08 Å². The third-order valence-corrected chi connectivity index (χ3v) is 3.57. The molecule has 1 amide bonds. The molecule has 0 unspecified atom stereocenters. The van der Waals surface area contributed by atoms with Crippen molar-refractivity contribution in [3.8, 4) is 0 Å². The molecule has 5 heteroatoms. The molecule has 0 radical (unpaired) electrons. The van der Waals surface area contributed by atoms with E-state index in [4.69, 9.17) is 0 Å². The number of amides is 1. The Kier molecular flexibility index (Phi) is 3.76. The topological polar surface area (TPSA) is 20.3 Å². The van der Waals surface area contributed by atoms with Crippen molar-refractivity contribution in [1.82, 2.24) is 4.90 Å². The lowest BCUT2D eigenvalue weighted by Crippen LogP contribution is -2.58. The van der Waals surface area contributed by atoms with Gasteiger partial charge >= 0.3 is 0 Å². The van der Waals surface area contributed by atoms with Crippen molar-refractivity contribution >= 4 is 27.9 Å². The zero-order chi connectivity index (χ0) is 14.2. The molecule has 0 aromatic heterocycles. The molecular weight excluding hydrogens is 316 g/mol. The van der Waals surface area contributed by atoms with Crippen LogP contribution in [-0.2, 0) is 4.79 Å². The van der Waals surface area contributed by atoms with E-state index in [2.05, 4.69) is 15.9 Å². The molecule has 0 N–H and O–H groups in total. The first-order valence-electron chi connectivity index (χ1n) is 5.90. The number of nitrogens with zero attached hydrogens (tertiary/aromatic N) is 1. The van der Waals surface area contributed by atoms with Gasteiger partial charge in [-0.15, -0.1) is 0 Å². The van der Waals surface area contributed by atoms with Gasteiger partial charge in [0.05, 0.1) is 13.1 Å². The molecule has 1 aliphatic rings. The second-order valence-electron chi connectivity index (χ2n) is 4.85. The Balaban J connectivity index is 2.13. The first kappa shape index (κ1) is 14.2. The molecular formula is C14H14BrF2NO. The lowest BCUT2D eigenvalue weighted by molar-refractivity contribution is -0.161. The molecule has 19 heavy (non-hydrogen) atoms.